The Labute approximate surface area is 131 Å². The molecule has 1 aromatic rings. The van der Waals surface area contributed by atoms with Crippen molar-refractivity contribution in [1.82, 2.24) is 14.9 Å². The van der Waals surface area contributed by atoms with Gasteiger partial charge in [0.25, 0.3) is 0 Å². The average Bonchev–Trinajstić information content (AvgIpc) is 2.92. The van der Waals surface area contributed by atoms with E-state index in [-0.39, 0.29) is 12.1 Å². The van der Waals surface area contributed by atoms with Crippen LogP contribution in [0.1, 0.15) is 46.1 Å². The molecule has 1 saturated heterocycles. The molecule has 122 valence electrons. The van der Waals surface area contributed by atoms with Crippen molar-refractivity contribution in [3.05, 3.63) is 18.0 Å². The Morgan fingerprint density at radius 2 is 2.05 bits per heavy atom. The molecule has 1 fully saturated rings. The standard InChI is InChI=1S/C16H25N3O3/c1-5-12-9-17-14(18-10-12)21-11-13-7-6-8-19(13)15(20)22-16(2,3)4/h9-10,13H,5-8,11H2,1-4H3/t13-/m0/s1. The van der Waals surface area contributed by atoms with Crippen molar-refractivity contribution >= 4 is 6.09 Å². The van der Waals surface area contributed by atoms with Crippen molar-refractivity contribution in [3.63, 3.8) is 0 Å². The lowest BCUT2D eigenvalue weighted by Crippen LogP contribution is -2.42. The summed E-state index contributed by atoms with van der Waals surface area (Å²) in [6.45, 7) is 8.76. The predicted molar refractivity (Wildman–Crippen MR) is 82.9 cm³/mol. The number of aryl methyl sites for hydroxylation is 1. The first kappa shape index (κ1) is 16.5. The summed E-state index contributed by atoms with van der Waals surface area (Å²) in [5.74, 6) is 0. The topological polar surface area (TPSA) is 64.5 Å². The summed E-state index contributed by atoms with van der Waals surface area (Å²) in [5, 5.41) is 0. The van der Waals surface area contributed by atoms with Crippen molar-refractivity contribution in [2.75, 3.05) is 13.2 Å². The summed E-state index contributed by atoms with van der Waals surface area (Å²) in [7, 11) is 0. The molecule has 0 unspecified atom stereocenters. The van der Waals surface area contributed by atoms with Gasteiger partial charge in [-0.05, 0) is 45.6 Å². The molecule has 6 nitrogen and oxygen atoms in total. The molecule has 0 N–H and O–H groups in total. The van der Waals surface area contributed by atoms with Crippen LogP contribution in [0.4, 0.5) is 4.79 Å². The highest BCUT2D eigenvalue weighted by molar-refractivity contribution is 5.68. The van der Waals surface area contributed by atoms with Gasteiger partial charge in [0.2, 0.25) is 0 Å². The van der Waals surface area contributed by atoms with E-state index in [9.17, 15) is 4.79 Å². The van der Waals surface area contributed by atoms with Crippen molar-refractivity contribution in [2.45, 2.75) is 58.6 Å². The lowest BCUT2D eigenvalue weighted by Gasteiger charge is -2.28. The zero-order valence-corrected chi connectivity index (χ0v) is 13.8. The molecule has 1 amide bonds. The van der Waals surface area contributed by atoms with Gasteiger partial charge in [-0.2, -0.15) is 0 Å². The van der Waals surface area contributed by atoms with Gasteiger partial charge in [0.15, 0.2) is 0 Å². The fourth-order valence-corrected chi connectivity index (χ4v) is 2.34. The molecular formula is C16H25N3O3. The maximum Gasteiger partial charge on any atom is 0.410 e. The Bertz CT molecular complexity index is 496. The number of rotatable bonds is 4. The molecule has 0 saturated carbocycles. The van der Waals surface area contributed by atoms with E-state index >= 15 is 0 Å². The van der Waals surface area contributed by atoms with E-state index in [1.165, 1.54) is 0 Å². The highest BCUT2D eigenvalue weighted by Crippen LogP contribution is 2.21. The van der Waals surface area contributed by atoms with Gasteiger partial charge in [-0.15, -0.1) is 0 Å². The summed E-state index contributed by atoms with van der Waals surface area (Å²) in [6, 6.07) is 0.373. The van der Waals surface area contributed by atoms with E-state index in [4.69, 9.17) is 9.47 Å². The fraction of sp³-hybridized carbons (Fsp3) is 0.688. The van der Waals surface area contributed by atoms with E-state index < -0.39 is 5.60 Å². The number of aromatic nitrogens is 2. The second-order valence-electron chi connectivity index (χ2n) is 6.51. The van der Waals surface area contributed by atoms with E-state index in [0.717, 1.165) is 24.8 Å². The average molecular weight is 307 g/mol. The zero-order chi connectivity index (χ0) is 16.2. The number of amides is 1. The summed E-state index contributed by atoms with van der Waals surface area (Å²) < 4.78 is 11.1. The Kier molecular flexibility index (Phi) is 5.21. The van der Waals surface area contributed by atoms with E-state index in [0.29, 0.717) is 19.2 Å². The van der Waals surface area contributed by atoms with Gasteiger partial charge < -0.3 is 14.4 Å². The normalized spacial score (nSPS) is 18.4. The number of hydrogen-bond donors (Lipinski definition) is 0. The highest BCUT2D eigenvalue weighted by Gasteiger charge is 2.32. The molecule has 2 heterocycles. The molecule has 0 aromatic carbocycles. The van der Waals surface area contributed by atoms with Crippen LogP contribution in [0.2, 0.25) is 0 Å². The number of carbonyl (C=O) groups excluding carboxylic acids is 1. The van der Waals surface area contributed by atoms with Crippen LogP contribution in [0.3, 0.4) is 0 Å². The summed E-state index contributed by atoms with van der Waals surface area (Å²) in [6.07, 6.45) is 6.02. The second-order valence-corrected chi connectivity index (χ2v) is 6.51. The third-order valence-corrected chi connectivity index (χ3v) is 3.50. The third-order valence-electron chi connectivity index (χ3n) is 3.50. The largest absolute Gasteiger partial charge is 0.461 e. The van der Waals surface area contributed by atoms with Crippen LogP contribution in [0.15, 0.2) is 12.4 Å². The minimum atomic E-state index is -0.482. The van der Waals surface area contributed by atoms with Gasteiger partial charge in [0.1, 0.15) is 12.2 Å². The molecule has 2 rings (SSSR count). The molecule has 6 heteroatoms. The van der Waals surface area contributed by atoms with Gasteiger partial charge in [0.05, 0.1) is 6.04 Å². The van der Waals surface area contributed by atoms with Crippen LogP contribution in [0.5, 0.6) is 6.01 Å². The molecular weight excluding hydrogens is 282 g/mol. The monoisotopic (exact) mass is 307 g/mol. The maximum atomic E-state index is 12.2. The quantitative estimate of drug-likeness (QED) is 0.856. The number of carbonyl (C=O) groups is 1. The lowest BCUT2D eigenvalue weighted by atomic mass is 10.2. The van der Waals surface area contributed by atoms with Gasteiger partial charge >= 0.3 is 12.1 Å². The van der Waals surface area contributed by atoms with Crippen molar-refractivity contribution in [3.8, 4) is 6.01 Å². The van der Waals surface area contributed by atoms with E-state index in [2.05, 4.69) is 16.9 Å². The van der Waals surface area contributed by atoms with Gasteiger partial charge in [0, 0.05) is 18.9 Å². The first-order chi connectivity index (χ1) is 10.4. The number of ether oxygens (including phenoxy) is 2. The Hall–Kier alpha value is -1.85. The SMILES string of the molecule is CCc1cnc(OC[C@@H]2CCCN2C(=O)OC(C)(C)C)nc1. The molecule has 0 aliphatic carbocycles. The van der Waals surface area contributed by atoms with Crippen molar-refractivity contribution < 1.29 is 14.3 Å². The minimum Gasteiger partial charge on any atom is -0.461 e. The van der Waals surface area contributed by atoms with Gasteiger partial charge in [-0.25, -0.2) is 14.8 Å². The lowest BCUT2D eigenvalue weighted by molar-refractivity contribution is 0.0184. The van der Waals surface area contributed by atoms with Crippen molar-refractivity contribution in [2.24, 2.45) is 0 Å². The van der Waals surface area contributed by atoms with Crippen LogP contribution >= 0.6 is 0 Å². The molecule has 22 heavy (non-hydrogen) atoms. The highest BCUT2D eigenvalue weighted by atomic mass is 16.6. The molecule has 1 atom stereocenters. The molecule has 1 aromatic heterocycles. The number of hydrogen-bond acceptors (Lipinski definition) is 5. The molecule has 0 radical (unpaired) electrons. The van der Waals surface area contributed by atoms with Crippen LogP contribution in [0.25, 0.3) is 0 Å². The summed E-state index contributed by atoms with van der Waals surface area (Å²) in [4.78, 5) is 22.3. The summed E-state index contributed by atoms with van der Waals surface area (Å²) >= 11 is 0. The second kappa shape index (κ2) is 6.94. The summed E-state index contributed by atoms with van der Waals surface area (Å²) in [5.41, 5.74) is 0.591. The Morgan fingerprint density at radius 1 is 1.36 bits per heavy atom. The Balaban J connectivity index is 1.89. The first-order valence-electron chi connectivity index (χ1n) is 7.82. The maximum absolute atomic E-state index is 12.2. The first-order valence-corrected chi connectivity index (χ1v) is 7.82. The number of likely N-dealkylation sites (tertiary alicyclic amines) is 1. The molecule has 0 bridgehead atoms. The minimum absolute atomic E-state index is 0.0179. The van der Waals surface area contributed by atoms with E-state index in [1.807, 2.05) is 20.8 Å². The molecule has 0 spiro atoms. The van der Waals surface area contributed by atoms with Crippen LogP contribution < -0.4 is 4.74 Å². The third kappa shape index (κ3) is 4.58. The predicted octanol–water partition coefficient (Wildman–Crippen LogP) is 2.82. The Morgan fingerprint density at radius 3 is 2.64 bits per heavy atom. The van der Waals surface area contributed by atoms with Gasteiger partial charge in [-0.3, -0.25) is 0 Å². The molecule has 1 aliphatic rings. The molecule has 1 aliphatic heterocycles. The van der Waals surface area contributed by atoms with E-state index in [1.54, 1.807) is 17.3 Å². The fourth-order valence-electron chi connectivity index (χ4n) is 2.34. The van der Waals surface area contributed by atoms with Crippen molar-refractivity contribution in [1.29, 1.82) is 0 Å². The van der Waals surface area contributed by atoms with Gasteiger partial charge in [-0.1, -0.05) is 6.92 Å². The number of nitrogens with zero attached hydrogens (tertiary/aromatic N) is 3. The van der Waals surface area contributed by atoms with Crippen LogP contribution in [-0.4, -0.2) is 45.8 Å². The zero-order valence-electron chi connectivity index (χ0n) is 13.8. The van der Waals surface area contributed by atoms with Crippen LogP contribution in [0, 0.1) is 0 Å². The smallest absolute Gasteiger partial charge is 0.410 e. The van der Waals surface area contributed by atoms with Crippen LogP contribution in [-0.2, 0) is 11.2 Å².